The van der Waals surface area contributed by atoms with Gasteiger partial charge in [0, 0.05) is 6.42 Å². The van der Waals surface area contributed by atoms with Crippen LogP contribution in [0.5, 0.6) is 0 Å². The average Bonchev–Trinajstić information content (AvgIpc) is 2.98. The Bertz CT molecular complexity index is 504. The summed E-state index contributed by atoms with van der Waals surface area (Å²) in [4.78, 5) is 15.3. The van der Waals surface area contributed by atoms with Crippen LogP contribution >= 0.6 is 0 Å². The minimum Gasteiger partial charge on any atom is -0.298 e. The lowest BCUT2D eigenvalue weighted by molar-refractivity contribution is -0.130. The van der Waals surface area contributed by atoms with Crippen LogP contribution in [0.1, 0.15) is 56.6 Å². The summed E-state index contributed by atoms with van der Waals surface area (Å²) in [5, 5.41) is 0. The van der Waals surface area contributed by atoms with E-state index in [1.54, 1.807) is 0 Å². The summed E-state index contributed by atoms with van der Waals surface area (Å²) in [6, 6.07) is 8.57. The molecule has 20 heavy (non-hydrogen) atoms. The van der Waals surface area contributed by atoms with Gasteiger partial charge in [-0.3, -0.25) is 9.69 Å². The van der Waals surface area contributed by atoms with Crippen molar-refractivity contribution in [3.63, 3.8) is 0 Å². The average molecular weight is 271 g/mol. The molecule has 0 amide bonds. The highest BCUT2D eigenvalue weighted by molar-refractivity contribution is 5.89. The minimum atomic E-state index is -0.235. The second-order valence-electron chi connectivity index (χ2n) is 6.55. The van der Waals surface area contributed by atoms with Crippen LogP contribution in [0.3, 0.4) is 0 Å². The van der Waals surface area contributed by atoms with Crippen molar-refractivity contribution in [2.45, 2.75) is 57.4 Å². The van der Waals surface area contributed by atoms with Gasteiger partial charge in [0.2, 0.25) is 0 Å². The summed E-state index contributed by atoms with van der Waals surface area (Å²) in [5.74, 6) is 0.911. The van der Waals surface area contributed by atoms with Gasteiger partial charge in [0.1, 0.15) is 0 Å². The smallest absolute Gasteiger partial charge is 0.153 e. The van der Waals surface area contributed by atoms with Crippen LogP contribution in [0.2, 0.25) is 0 Å². The Balaban J connectivity index is 1.70. The molecule has 1 aromatic carbocycles. The van der Waals surface area contributed by atoms with Crippen LogP contribution in [0.25, 0.3) is 0 Å². The molecular formula is C18H25NO. The molecule has 2 heteroatoms. The van der Waals surface area contributed by atoms with E-state index in [1.807, 2.05) is 0 Å². The molecule has 2 atom stereocenters. The van der Waals surface area contributed by atoms with Gasteiger partial charge in [-0.2, -0.15) is 0 Å². The van der Waals surface area contributed by atoms with Crippen LogP contribution in [-0.4, -0.2) is 29.3 Å². The van der Waals surface area contributed by atoms with E-state index < -0.39 is 0 Å². The molecule has 1 aromatic rings. The van der Waals surface area contributed by atoms with E-state index in [-0.39, 0.29) is 5.54 Å². The third-order valence-electron chi connectivity index (χ3n) is 5.49. The van der Waals surface area contributed by atoms with Crippen LogP contribution in [-0.2, 0) is 11.2 Å². The number of hydrogen-bond acceptors (Lipinski definition) is 2. The molecule has 2 aliphatic rings. The van der Waals surface area contributed by atoms with Crippen molar-refractivity contribution in [3.8, 4) is 0 Å². The van der Waals surface area contributed by atoms with Gasteiger partial charge in [-0.05, 0) is 62.7 Å². The topological polar surface area (TPSA) is 20.3 Å². The van der Waals surface area contributed by atoms with Crippen molar-refractivity contribution in [1.29, 1.82) is 0 Å². The molecular weight excluding hydrogens is 246 g/mol. The zero-order chi connectivity index (χ0) is 14.2. The number of likely N-dealkylation sites (tertiary alicyclic amines) is 1. The lowest BCUT2D eigenvalue weighted by Crippen LogP contribution is -2.51. The second-order valence-corrected chi connectivity index (χ2v) is 6.55. The number of nitrogens with zero attached hydrogens (tertiary/aromatic N) is 1. The van der Waals surface area contributed by atoms with Crippen molar-refractivity contribution < 1.29 is 4.79 Å². The first-order valence-electron chi connectivity index (χ1n) is 8.01. The Hall–Kier alpha value is -1.15. The van der Waals surface area contributed by atoms with Gasteiger partial charge in [0.25, 0.3) is 0 Å². The van der Waals surface area contributed by atoms with Crippen molar-refractivity contribution in [2.75, 3.05) is 13.1 Å². The molecule has 1 heterocycles. The largest absolute Gasteiger partial charge is 0.298 e. The fraction of sp³-hybridized carbons (Fsp3) is 0.611. The number of Topliss-reactive ketones (excluding diaryl/α,β-unsaturated/α-hetero) is 1. The summed E-state index contributed by atoms with van der Waals surface area (Å²) < 4.78 is 0. The second kappa shape index (κ2) is 5.33. The summed E-state index contributed by atoms with van der Waals surface area (Å²) in [6.07, 6.45) is 5.23. The summed E-state index contributed by atoms with van der Waals surface area (Å²) >= 11 is 0. The third kappa shape index (κ3) is 2.20. The van der Waals surface area contributed by atoms with Gasteiger partial charge in [-0.25, -0.2) is 0 Å². The van der Waals surface area contributed by atoms with Gasteiger partial charge in [0.15, 0.2) is 5.78 Å². The number of ketones is 1. The van der Waals surface area contributed by atoms with E-state index in [9.17, 15) is 4.79 Å². The monoisotopic (exact) mass is 271 g/mol. The summed E-state index contributed by atoms with van der Waals surface area (Å²) in [7, 11) is 0. The van der Waals surface area contributed by atoms with E-state index in [2.05, 4.69) is 43.0 Å². The van der Waals surface area contributed by atoms with E-state index >= 15 is 0 Å². The number of fused-ring (bicyclic) bond motifs is 1. The first-order valence-corrected chi connectivity index (χ1v) is 8.01. The van der Waals surface area contributed by atoms with Gasteiger partial charge < -0.3 is 0 Å². The Morgan fingerprint density at radius 2 is 2.00 bits per heavy atom. The maximum atomic E-state index is 12.9. The van der Waals surface area contributed by atoms with Crippen LogP contribution in [0, 0.1) is 0 Å². The van der Waals surface area contributed by atoms with Crippen LogP contribution < -0.4 is 0 Å². The molecule has 0 bridgehead atoms. The SMILES string of the molecule is CCC(C)(C(=O)CC1Cc2ccccc21)N1CCCC1. The molecule has 1 aliphatic heterocycles. The van der Waals surface area contributed by atoms with E-state index in [1.165, 1.54) is 24.0 Å². The van der Waals surface area contributed by atoms with E-state index in [0.29, 0.717) is 11.7 Å². The summed E-state index contributed by atoms with van der Waals surface area (Å²) in [6.45, 7) is 6.50. The Morgan fingerprint density at radius 3 is 2.65 bits per heavy atom. The predicted molar refractivity (Wildman–Crippen MR) is 82.0 cm³/mol. The molecule has 0 N–H and O–H groups in total. The Kier molecular flexibility index (Phi) is 3.68. The Morgan fingerprint density at radius 1 is 1.30 bits per heavy atom. The number of rotatable bonds is 5. The molecule has 3 rings (SSSR count). The van der Waals surface area contributed by atoms with Gasteiger partial charge in [0.05, 0.1) is 5.54 Å². The first-order chi connectivity index (χ1) is 9.65. The molecule has 108 valence electrons. The normalized spacial score (nSPS) is 24.8. The molecule has 0 spiro atoms. The molecule has 1 saturated heterocycles. The molecule has 1 fully saturated rings. The molecule has 0 aromatic heterocycles. The number of benzene rings is 1. The molecule has 0 saturated carbocycles. The molecule has 0 radical (unpaired) electrons. The number of carbonyl (C=O) groups excluding carboxylic acids is 1. The number of carbonyl (C=O) groups is 1. The fourth-order valence-corrected chi connectivity index (χ4v) is 3.80. The molecule has 2 unspecified atom stereocenters. The Labute approximate surface area is 122 Å². The van der Waals surface area contributed by atoms with Crippen LogP contribution in [0.4, 0.5) is 0 Å². The quantitative estimate of drug-likeness (QED) is 0.816. The van der Waals surface area contributed by atoms with Crippen molar-refractivity contribution >= 4 is 5.78 Å². The molecule has 2 nitrogen and oxygen atoms in total. The highest BCUT2D eigenvalue weighted by atomic mass is 16.1. The van der Waals surface area contributed by atoms with Crippen molar-refractivity contribution in [3.05, 3.63) is 35.4 Å². The zero-order valence-corrected chi connectivity index (χ0v) is 12.7. The van der Waals surface area contributed by atoms with Crippen molar-refractivity contribution in [2.24, 2.45) is 0 Å². The van der Waals surface area contributed by atoms with Gasteiger partial charge in [-0.1, -0.05) is 31.2 Å². The lowest BCUT2D eigenvalue weighted by atomic mass is 9.72. The van der Waals surface area contributed by atoms with Crippen LogP contribution in [0.15, 0.2) is 24.3 Å². The van der Waals surface area contributed by atoms with E-state index in [4.69, 9.17) is 0 Å². The lowest BCUT2D eigenvalue weighted by Gasteiger charge is -2.39. The fourth-order valence-electron chi connectivity index (χ4n) is 3.80. The summed E-state index contributed by atoms with van der Waals surface area (Å²) in [5.41, 5.74) is 2.60. The highest BCUT2D eigenvalue weighted by Gasteiger charge is 2.40. The first kappa shape index (κ1) is 13.8. The predicted octanol–water partition coefficient (Wildman–Crippen LogP) is 3.55. The minimum absolute atomic E-state index is 0.235. The highest BCUT2D eigenvalue weighted by Crippen LogP contribution is 2.39. The van der Waals surface area contributed by atoms with E-state index in [0.717, 1.165) is 32.4 Å². The van der Waals surface area contributed by atoms with Gasteiger partial charge in [-0.15, -0.1) is 0 Å². The maximum absolute atomic E-state index is 12.9. The molecule has 1 aliphatic carbocycles. The van der Waals surface area contributed by atoms with Crippen molar-refractivity contribution in [1.82, 2.24) is 4.90 Å². The maximum Gasteiger partial charge on any atom is 0.153 e. The number of hydrogen-bond donors (Lipinski definition) is 0. The standard InChI is InChI=1S/C18H25NO/c1-3-18(2,19-10-6-7-11-19)17(20)13-15-12-14-8-4-5-9-16(14)15/h4-5,8-9,15H,3,6-7,10-13H2,1-2H3. The zero-order valence-electron chi connectivity index (χ0n) is 12.7. The third-order valence-corrected chi connectivity index (χ3v) is 5.49. The van der Waals surface area contributed by atoms with Gasteiger partial charge >= 0.3 is 0 Å².